The molecule has 0 spiro atoms. The van der Waals surface area contributed by atoms with Crippen molar-refractivity contribution < 1.29 is 0 Å². The third-order valence-corrected chi connectivity index (χ3v) is 13.4. The highest BCUT2D eigenvalue weighted by Gasteiger charge is 2.31. The number of rotatable bonds is 3. The molecule has 0 atom stereocenters. The molecule has 0 saturated carbocycles. The Morgan fingerprint density at radius 1 is 0.410 bits per heavy atom. The van der Waals surface area contributed by atoms with Gasteiger partial charge in [0.05, 0.1) is 27.8 Å². The van der Waals surface area contributed by atoms with Crippen molar-refractivity contribution in [3.8, 4) is 0 Å². The van der Waals surface area contributed by atoms with Crippen molar-refractivity contribution in [1.29, 1.82) is 0 Å². The molecule has 0 radical (unpaired) electrons. The molecule has 5 nitrogen and oxygen atoms in total. The Kier molecular flexibility index (Phi) is 7.10. The molecular formula is C56H49N5. The van der Waals surface area contributed by atoms with Crippen LogP contribution in [0, 0.1) is 0 Å². The average Bonchev–Trinajstić information content (AvgIpc) is 3.95. The van der Waals surface area contributed by atoms with E-state index in [1.807, 2.05) is 0 Å². The van der Waals surface area contributed by atoms with E-state index in [2.05, 4.69) is 209 Å². The maximum Gasteiger partial charge on any atom is 0.165 e. The highest BCUT2D eigenvalue weighted by molar-refractivity contribution is 6.32. The van der Waals surface area contributed by atoms with E-state index in [1.165, 1.54) is 65.6 Å². The minimum Gasteiger partial charge on any atom is -0.308 e. The molecule has 5 heteroatoms. The molecule has 5 heterocycles. The summed E-state index contributed by atoms with van der Waals surface area (Å²) in [6.07, 6.45) is 0. The van der Waals surface area contributed by atoms with E-state index in [9.17, 15) is 0 Å². The van der Waals surface area contributed by atoms with E-state index in [1.54, 1.807) is 0 Å². The number of hydrogen-bond acceptors (Lipinski definition) is 3. The van der Waals surface area contributed by atoms with Gasteiger partial charge < -0.3 is 4.90 Å². The second kappa shape index (κ2) is 12.0. The summed E-state index contributed by atoms with van der Waals surface area (Å²) in [6, 6.07) is 49.5. The van der Waals surface area contributed by atoms with Crippen LogP contribution in [0.1, 0.15) is 79.0 Å². The van der Waals surface area contributed by atoms with Gasteiger partial charge in [-0.3, -0.25) is 8.80 Å². The van der Waals surface area contributed by atoms with Crippen LogP contribution in [0.3, 0.4) is 0 Å². The Balaban J connectivity index is 1.32. The van der Waals surface area contributed by atoms with Crippen molar-refractivity contribution in [3.63, 3.8) is 0 Å². The zero-order chi connectivity index (χ0) is 41.9. The number of fused-ring (bicyclic) bond motifs is 14. The lowest BCUT2D eigenvalue weighted by molar-refractivity contribution is 0.590. The van der Waals surface area contributed by atoms with Crippen molar-refractivity contribution in [1.82, 2.24) is 18.8 Å². The first-order valence-corrected chi connectivity index (χ1v) is 21.7. The van der Waals surface area contributed by atoms with Gasteiger partial charge in [-0.2, -0.15) is 0 Å². The Hall–Kier alpha value is -6.72. The Bertz CT molecular complexity index is 3700. The summed E-state index contributed by atoms with van der Waals surface area (Å²) in [5.74, 6) is 0. The fraction of sp³-hybridized carbons (Fsp3) is 0.214. The second-order valence-corrected chi connectivity index (χ2v) is 20.4. The first-order chi connectivity index (χ1) is 29.2. The van der Waals surface area contributed by atoms with Crippen molar-refractivity contribution in [3.05, 3.63) is 150 Å². The molecule has 0 aliphatic heterocycles. The van der Waals surface area contributed by atoms with Crippen molar-refractivity contribution in [2.45, 2.75) is 78.6 Å². The van der Waals surface area contributed by atoms with Crippen molar-refractivity contribution in [2.24, 2.45) is 0 Å². The molecule has 0 amide bonds. The van der Waals surface area contributed by atoms with Crippen LogP contribution in [-0.4, -0.2) is 18.8 Å². The van der Waals surface area contributed by atoms with Crippen molar-refractivity contribution in [2.75, 3.05) is 4.90 Å². The molecule has 12 aromatic rings. The normalized spacial score (nSPS) is 13.3. The summed E-state index contributed by atoms with van der Waals surface area (Å²) >= 11 is 0. The Morgan fingerprint density at radius 3 is 1.59 bits per heavy atom. The smallest absolute Gasteiger partial charge is 0.165 e. The van der Waals surface area contributed by atoms with Crippen LogP contribution in [0.25, 0.3) is 87.5 Å². The molecule has 0 aliphatic carbocycles. The van der Waals surface area contributed by atoms with E-state index in [0.717, 1.165) is 55.7 Å². The van der Waals surface area contributed by atoms with Crippen LogP contribution in [0.2, 0.25) is 0 Å². The third-order valence-electron chi connectivity index (χ3n) is 13.4. The van der Waals surface area contributed by atoms with E-state index >= 15 is 0 Å². The van der Waals surface area contributed by atoms with Gasteiger partial charge in [-0.15, -0.1) is 0 Å². The minimum atomic E-state index is -0.105. The van der Waals surface area contributed by atoms with Gasteiger partial charge in [0.1, 0.15) is 11.0 Å². The molecule has 0 aliphatic rings. The zero-order valence-electron chi connectivity index (χ0n) is 36.4. The number of anilines is 3. The molecule has 12 rings (SSSR count). The zero-order valence-corrected chi connectivity index (χ0v) is 36.4. The monoisotopic (exact) mass is 791 g/mol. The fourth-order valence-electron chi connectivity index (χ4n) is 10.1. The van der Waals surface area contributed by atoms with Crippen LogP contribution in [0.15, 0.2) is 133 Å². The van der Waals surface area contributed by atoms with Gasteiger partial charge in [0.15, 0.2) is 11.3 Å². The summed E-state index contributed by atoms with van der Waals surface area (Å²) in [4.78, 5) is 14.2. The van der Waals surface area contributed by atoms with Gasteiger partial charge in [-0.05, 0) is 110 Å². The van der Waals surface area contributed by atoms with E-state index < -0.39 is 0 Å². The maximum atomic E-state index is 5.88. The van der Waals surface area contributed by atoms with E-state index in [-0.39, 0.29) is 16.2 Å². The standard InChI is InChI=1S/C56H49N5/c1-54(2,3)33-24-25-44-39(27-33)41-28-34(55(4,5)6)30-43-47-52(60(44)49(41)43)58-48-46-38-23-17-16-18-32(38)26-40-42-29-35(56(7,8)9)31-45(50(42)61(51(40)46)53(48)57-47)59(36-19-12-10-13-20-36)37-21-14-11-15-22-37/h10-31H,1-9H3. The quantitative estimate of drug-likeness (QED) is 0.179. The minimum absolute atomic E-state index is 0.0226. The average molecular weight is 792 g/mol. The number of hydrogen-bond donors (Lipinski definition) is 0. The summed E-state index contributed by atoms with van der Waals surface area (Å²) < 4.78 is 4.87. The first kappa shape index (κ1) is 36.2. The number of benzene rings is 7. The Morgan fingerprint density at radius 2 is 0.934 bits per heavy atom. The van der Waals surface area contributed by atoms with Crippen molar-refractivity contribution >= 4 is 105 Å². The second-order valence-electron chi connectivity index (χ2n) is 20.4. The molecule has 5 aromatic heterocycles. The lowest BCUT2D eigenvalue weighted by Crippen LogP contribution is -2.15. The van der Waals surface area contributed by atoms with Crippen LogP contribution < -0.4 is 4.90 Å². The summed E-state index contributed by atoms with van der Waals surface area (Å²) in [5, 5.41) is 9.67. The highest BCUT2D eigenvalue weighted by atomic mass is 15.2. The van der Waals surface area contributed by atoms with E-state index in [4.69, 9.17) is 9.97 Å². The molecule has 7 aromatic carbocycles. The van der Waals surface area contributed by atoms with Crippen LogP contribution in [-0.2, 0) is 16.2 Å². The summed E-state index contributed by atoms with van der Waals surface area (Å²) in [7, 11) is 0. The van der Waals surface area contributed by atoms with Gasteiger partial charge in [-0.25, -0.2) is 9.97 Å². The maximum absolute atomic E-state index is 5.88. The SMILES string of the molecule is CC(C)(C)c1ccc2c(c1)c1cc(C(C)(C)C)cc3c4nc5c(nc4n2c13)c1c2ccccc2cc2c3cc(C(C)(C)C)cc(N(c4ccccc4)c4ccccc4)c3n5c21. The molecule has 298 valence electrons. The number of nitrogens with zero attached hydrogens (tertiary/aromatic N) is 5. The van der Waals surface area contributed by atoms with Gasteiger partial charge in [0.2, 0.25) is 0 Å². The fourth-order valence-corrected chi connectivity index (χ4v) is 10.1. The lowest BCUT2D eigenvalue weighted by Gasteiger charge is -2.29. The molecule has 0 fully saturated rings. The third kappa shape index (κ3) is 5.01. The molecule has 0 saturated heterocycles. The predicted octanol–water partition coefficient (Wildman–Crippen LogP) is 15.3. The highest BCUT2D eigenvalue weighted by Crippen LogP contribution is 2.50. The topological polar surface area (TPSA) is 37.8 Å². The van der Waals surface area contributed by atoms with Crippen LogP contribution in [0.5, 0.6) is 0 Å². The number of para-hydroxylation sites is 2. The summed E-state index contributed by atoms with van der Waals surface area (Å²) in [5.41, 5.74) is 15.4. The predicted molar refractivity (Wildman–Crippen MR) is 260 cm³/mol. The van der Waals surface area contributed by atoms with Gasteiger partial charge in [-0.1, -0.05) is 129 Å². The molecular weight excluding hydrogens is 743 g/mol. The molecule has 0 N–H and O–H groups in total. The van der Waals surface area contributed by atoms with Gasteiger partial charge in [0.25, 0.3) is 0 Å². The Labute approximate surface area is 355 Å². The van der Waals surface area contributed by atoms with Gasteiger partial charge >= 0.3 is 0 Å². The summed E-state index contributed by atoms with van der Waals surface area (Å²) in [6.45, 7) is 20.8. The first-order valence-electron chi connectivity index (χ1n) is 21.7. The lowest BCUT2D eigenvalue weighted by atomic mass is 9.84. The molecule has 0 bridgehead atoms. The van der Waals surface area contributed by atoms with Crippen LogP contribution >= 0.6 is 0 Å². The number of aromatic nitrogens is 4. The molecule has 61 heavy (non-hydrogen) atoms. The van der Waals surface area contributed by atoms with E-state index in [0.29, 0.717) is 0 Å². The largest absolute Gasteiger partial charge is 0.308 e. The molecule has 0 unspecified atom stereocenters. The van der Waals surface area contributed by atoms with Gasteiger partial charge in [0, 0.05) is 43.7 Å². The van der Waals surface area contributed by atoms with Crippen LogP contribution in [0.4, 0.5) is 17.1 Å².